The molecule has 3 aromatic carbocycles. The van der Waals surface area contributed by atoms with E-state index in [1.165, 1.54) is 23.3 Å². The minimum Gasteiger partial charge on any atom is -0.491 e. The number of nitrogens with one attached hydrogen (secondary N) is 1. The molecule has 4 rings (SSSR count). The van der Waals surface area contributed by atoms with Gasteiger partial charge in [-0.15, -0.1) is 0 Å². The van der Waals surface area contributed by atoms with Crippen molar-refractivity contribution in [1.29, 1.82) is 0 Å². The maximum atomic E-state index is 13.3. The van der Waals surface area contributed by atoms with Crippen LogP contribution in [0.3, 0.4) is 0 Å². The van der Waals surface area contributed by atoms with Crippen LogP contribution in [0, 0.1) is 12.7 Å². The number of aryl methyl sites for hydroxylation is 1. The fourth-order valence-corrected chi connectivity index (χ4v) is 3.34. The van der Waals surface area contributed by atoms with Crippen LogP contribution in [0.2, 0.25) is 0 Å². The van der Waals surface area contributed by atoms with Crippen LogP contribution < -0.4 is 10.1 Å². The number of aliphatic hydroxyl groups excluding tert-OH is 1. The van der Waals surface area contributed by atoms with Gasteiger partial charge in [0.1, 0.15) is 30.0 Å². The Morgan fingerprint density at radius 3 is 2.61 bits per heavy atom. The Hall–Kier alpha value is -3.22. The van der Waals surface area contributed by atoms with Crippen molar-refractivity contribution >= 4 is 11.0 Å². The first-order chi connectivity index (χ1) is 15.1. The minimum atomic E-state index is -0.605. The molecule has 1 heterocycles. The van der Waals surface area contributed by atoms with Gasteiger partial charge in [-0.1, -0.05) is 35.0 Å². The Morgan fingerprint density at radius 1 is 1.06 bits per heavy atom. The second kappa shape index (κ2) is 9.73. The Morgan fingerprint density at radius 2 is 1.84 bits per heavy atom. The van der Waals surface area contributed by atoms with E-state index in [-0.39, 0.29) is 12.4 Å². The van der Waals surface area contributed by atoms with Crippen LogP contribution in [-0.4, -0.2) is 36.1 Å². The molecule has 2 N–H and O–H groups in total. The lowest BCUT2D eigenvalue weighted by atomic mass is 10.1. The van der Waals surface area contributed by atoms with Crippen molar-refractivity contribution in [2.45, 2.75) is 19.4 Å². The van der Waals surface area contributed by atoms with Gasteiger partial charge in [0.2, 0.25) is 0 Å². The summed E-state index contributed by atoms with van der Waals surface area (Å²) in [5, 5.41) is 18.2. The molecule has 4 aromatic rings. The number of benzene rings is 3. The van der Waals surface area contributed by atoms with E-state index in [9.17, 15) is 9.50 Å². The first kappa shape index (κ1) is 21.0. The Bertz CT molecular complexity index is 1120. The van der Waals surface area contributed by atoms with E-state index in [2.05, 4.69) is 41.7 Å². The first-order valence-corrected chi connectivity index (χ1v) is 10.3. The quantitative estimate of drug-likeness (QED) is 0.390. The topological polar surface area (TPSA) is 67.5 Å². The predicted molar refractivity (Wildman–Crippen MR) is 119 cm³/mol. The minimum absolute atomic E-state index is 0.197. The van der Waals surface area contributed by atoms with E-state index < -0.39 is 6.10 Å². The number of ether oxygens (including phenoxy) is 1. The SMILES string of the molecule is Cc1ccc(CCNC[C@@H](O)COc2ccc(-c3noc4cc(F)ccc34)cc2)cc1. The van der Waals surface area contributed by atoms with Crippen molar-refractivity contribution in [2.24, 2.45) is 0 Å². The van der Waals surface area contributed by atoms with Crippen molar-refractivity contribution in [1.82, 2.24) is 10.5 Å². The third kappa shape index (κ3) is 5.48. The van der Waals surface area contributed by atoms with Gasteiger partial charge in [0.15, 0.2) is 5.58 Å². The fraction of sp³-hybridized carbons (Fsp3) is 0.240. The van der Waals surface area contributed by atoms with Crippen molar-refractivity contribution in [3.8, 4) is 17.0 Å². The number of aliphatic hydroxyl groups is 1. The lowest BCUT2D eigenvalue weighted by molar-refractivity contribution is 0.106. The van der Waals surface area contributed by atoms with Crippen LogP contribution in [0.5, 0.6) is 5.75 Å². The zero-order valence-corrected chi connectivity index (χ0v) is 17.3. The summed E-state index contributed by atoms with van der Waals surface area (Å²) in [6, 6.07) is 20.2. The Labute approximate surface area is 180 Å². The fourth-order valence-electron chi connectivity index (χ4n) is 3.34. The summed E-state index contributed by atoms with van der Waals surface area (Å²) in [7, 11) is 0. The van der Waals surface area contributed by atoms with Crippen molar-refractivity contribution in [2.75, 3.05) is 19.7 Å². The lowest BCUT2D eigenvalue weighted by Crippen LogP contribution is -2.32. The zero-order chi connectivity index (χ0) is 21.6. The number of hydrogen-bond acceptors (Lipinski definition) is 5. The van der Waals surface area contributed by atoms with Gasteiger partial charge in [0.05, 0.1) is 0 Å². The number of fused-ring (bicyclic) bond motifs is 1. The average molecular weight is 420 g/mol. The molecule has 6 heteroatoms. The van der Waals surface area contributed by atoms with E-state index in [4.69, 9.17) is 9.26 Å². The molecular formula is C25H25FN2O3. The third-order valence-corrected chi connectivity index (χ3v) is 5.10. The molecule has 31 heavy (non-hydrogen) atoms. The molecule has 1 aromatic heterocycles. The lowest BCUT2D eigenvalue weighted by Gasteiger charge is -2.13. The number of rotatable bonds is 9. The highest BCUT2D eigenvalue weighted by molar-refractivity contribution is 5.91. The summed E-state index contributed by atoms with van der Waals surface area (Å²) in [6.07, 6.45) is 0.311. The molecule has 0 unspecified atom stereocenters. The van der Waals surface area contributed by atoms with Gasteiger partial charge < -0.3 is 19.7 Å². The summed E-state index contributed by atoms with van der Waals surface area (Å²) in [5.74, 6) is 0.295. The molecule has 160 valence electrons. The maximum Gasteiger partial charge on any atom is 0.170 e. The highest BCUT2D eigenvalue weighted by atomic mass is 19.1. The van der Waals surface area contributed by atoms with E-state index >= 15 is 0 Å². The van der Waals surface area contributed by atoms with Crippen LogP contribution in [0.4, 0.5) is 4.39 Å². The monoisotopic (exact) mass is 420 g/mol. The predicted octanol–water partition coefficient (Wildman–Crippen LogP) is 4.51. The molecule has 0 spiro atoms. The van der Waals surface area contributed by atoms with Crippen molar-refractivity contribution in [3.05, 3.63) is 83.7 Å². The van der Waals surface area contributed by atoms with Gasteiger partial charge in [-0.05, 0) is 61.9 Å². The van der Waals surface area contributed by atoms with E-state index in [1.807, 2.05) is 24.3 Å². The Kier molecular flexibility index (Phi) is 6.60. The smallest absolute Gasteiger partial charge is 0.170 e. The second-order valence-electron chi connectivity index (χ2n) is 7.60. The zero-order valence-electron chi connectivity index (χ0n) is 17.3. The highest BCUT2D eigenvalue weighted by Crippen LogP contribution is 2.29. The van der Waals surface area contributed by atoms with Gasteiger partial charge in [-0.25, -0.2) is 4.39 Å². The second-order valence-corrected chi connectivity index (χ2v) is 7.60. The summed E-state index contributed by atoms with van der Waals surface area (Å²) in [4.78, 5) is 0. The van der Waals surface area contributed by atoms with Gasteiger partial charge in [-0.3, -0.25) is 0 Å². The number of aromatic nitrogens is 1. The molecular weight excluding hydrogens is 395 g/mol. The summed E-state index contributed by atoms with van der Waals surface area (Å²) < 4.78 is 24.2. The first-order valence-electron chi connectivity index (χ1n) is 10.3. The summed E-state index contributed by atoms with van der Waals surface area (Å²) in [6.45, 7) is 3.53. The number of halogens is 1. The molecule has 0 aliphatic carbocycles. The average Bonchev–Trinajstić information content (AvgIpc) is 3.20. The standard InChI is InChI=1S/C25H25FN2O3/c1-17-2-4-18(5-3-17)12-13-27-15-21(29)16-30-22-9-6-19(7-10-22)25-23-11-8-20(26)14-24(23)31-28-25/h2-11,14,21,27,29H,12-13,15-16H2,1H3/t21-/m1/s1. The normalized spacial score (nSPS) is 12.2. The van der Waals surface area contributed by atoms with E-state index in [0.29, 0.717) is 23.6 Å². The van der Waals surface area contributed by atoms with Crippen LogP contribution in [-0.2, 0) is 6.42 Å². The summed E-state index contributed by atoms with van der Waals surface area (Å²) in [5.41, 5.74) is 4.43. The molecule has 0 saturated carbocycles. The molecule has 0 aliphatic heterocycles. The molecule has 1 atom stereocenters. The van der Waals surface area contributed by atoms with Crippen LogP contribution in [0.25, 0.3) is 22.2 Å². The molecule has 5 nitrogen and oxygen atoms in total. The molecule has 0 fully saturated rings. The van der Waals surface area contributed by atoms with Gasteiger partial charge in [0.25, 0.3) is 0 Å². The van der Waals surface area contributed by atoms with Crippen LogP contribution in [0.15, 0.2) is 71.3 Å². The molecule has 0 amide bonds. The van der Waals surface area contributed by atoms with Crippen molar-refractivity contribution in [3.63, 3.8) is 0 Å². The number of nitrogens with zero attached hydrogens (tertiary/aromatic N) is 1. The van der Waals surface area contributed by atoms with Crippen LogP contribution in [0.1, 0.15) is 11.1 Å². The van der Waals surface area contributed by atoms with Crippen molar-refractivity contribution < 1.29 is 18.8 Å². The van der Waals surface area contributed by atoms with E-state index in [0.717, 1.165) is 23.9 Å². The molecule has 0 radical (unpaired) electrons. The summed E-state index contributed by atoms with van der Waals surface area (Å²) >= 11 is 0. The molecule has 0 saturated heterocycles. The largest absolute Gasteiger partial charge is 0.491 e. The number of hydrogen-bond donors (Lipinski definition) is 2. The van der Waals surface area contributed by atoms with Gasteiger partial charge in [-0.2, -0.15) is 0 Å². The third-order valence-electron chi connectivity index (χ3n) is 5.10. The maximum absolute atomic E-state index is 13.3. The van der Waals surface area contributed by atoms with Crippen LogP contribution >= 0.6 is 0 Å². The molecule has 0 bridgehead atoms. The van der Waals surface area contributed by atoms with Gasteiger partial charge in [0, 0.05) is 23.6 Å². The Balaban J connectivity index is 1.23. The van der Waals surface area contributed by atoms with Gasteiger partial charge >= 0.3 is 0 Å². The molecule has 0 aliphatic rings. The highest BCUT2D eigenvalue weighted by Gasteiger charge is 2.11. The van der Waals surface area contributed by atoms with E-state index in [1.54, 1.807) is 6.07 Å².